The van der Waals surface area contributed by atoms with Crippen LogP contribution in [-0.2, 0) is 13.2 Å². The fourth-order valence-electron chi connectivity index (χ4n) is 2.05. The van der Waals surface area contributed by atoms with E-state index < -0.39 is 0 Å². The second-order valence-electron chi connectivity index (χ2n) is 4.76. The highest BCUT2D eigenvalue weighted by atomic mass is 19.1. The molecule has 0 aliphatic rings. The van der Waals surface area contributed by atoms with Gasteiger partial charge < -0.3 is 10.1 Å². The molecule has 0 spiro atoms. The lowest BCUT2D eigenvalue weighted by molar-refractivity contribution is 0.300. The number of nitrogens with one attached hydrogen (secondary N) is 1. The Bertz CT molecular complexity index is 551. The lowest BCUT2D eigenvalue weighted by atomic mass is 10.1. The molecule has 0 amide bonds. The average molecular weight is 273 g/mol. The van der Waals surface area contributed by atoms with Gasteiger partial charge in [0.1, 0.15) is 18.2 Å². The van der Waals surface area contributed by atoms with Crippen molar-refractivity contribution in [1.29, 1.82) is 0 Å². The molecule has 20 heavy (non-hydrogen) atoms. The molecular weight excluding hydrogens is 253 g/mol. The van der Waals surface area contributed by atoms with Crippen molar-refractivity contribution in [2.75, 3.05) is 6.54 Å². The van der Waals surface area contributed by atoms with Gasteiger partial charge in [-0.2, -0.15) is 0 Å². The van der Waals surface area contributed by atoms with Gasteiger partial charge in [0.25, 0.3) is 0 Å². The Morgan fingerprint density at radius 1 is 1.10 bits per heavy atom. The summed E-state index contributed by atoms with van der Waals surface area (Å²) in [6, 6.07) is 12.5. The normalized spacial score (nSPS) is 10.6. The number of rotatable bonds is 6. The Morgan fingerprint density at radius 2 is 1.85 bits per heavy atom. The summed E-state index contributed by atoms with van der Waals surface area (Å²) in [7, 11) is 0. The van der Waals surface area contributed by atoms with Gasteiger partial charge in [-0.1, -0.05) is 37.3 Å². The first-order valence-corrected chi connectivity index (χ1v) is 6.87. The second-order valence-corrected chi connectivity index (χ2v) is 4.76. The van der Waals surface area contributed by atoms with Gasteiger partial charge in [0.15, 0.2) is 0 Å². The van der Waals surface area contributed by atoms with Crippen molar-refractivity contribution in [3.63, 3.8) is 0 Å². The van der Waals surface area contributed by atoms with Crippen molar-refractivity contribution in [1.82, 2.24) is 5.32 Å². The van der Waals surface area contributed by atoms with Gasteiger partial charge in [0, 0.05) is 12.1 Å². The number of halogens is 1. The molecule has 2 aromatic carbocycles. The minimum atomic E-state index is -0.225. The van der Waals surface area contributed by atoms with Crippen LogP contribution in [0.5, 0.6) is 5.75 Å². The minimum absolute atomic E-state index is 0.225. The first kappa shape index (κ1) is 14.5. The van der Waals surface area contributed by atoms with E-state index in [-0.39, 0.29) is 5.82 Å². The third-order valence-electron chi connectivity index (χ3n) is 3.16. The van der Waals surface area contributed by atoms with Gasteiger partial charge >= 0.3 is 0 Å². The van der Waals surface area contributed by atoms with E-state index >= 15 is 0 Å². The summed E-state index contributed by atoms with van der Waals surface area (Å²) in [4.78, 5) is 0. The van der Waals surface area contributed by atoms with E-state index in [2.05, 4.69) is 18.3 Å². The largest absolute Gasteiger partial charge is 0.488 e. The maximum absolute atomic E-state index is 12.9. The maximum Gasteiger partial charge on any atom is 0.127 e. The molecule has 0 radical (unpaired) electrons. The summed E-state index contributed by atoms with van der Waals surface area (Å²) in [5, 5.41) is 3.31. The van der Waals surface area contributed by atoms with Gasteiger partial charge in [0.2, 0.25) is 0 Å². The van der Waals surface area contributed by atoms with Gasteiger partial charge in [-0.05, 0) is 36.7 Å². The quantitative estimate of drug-likeness (QED) is 0.864. The smallest absolute Gasteiger partial charge is 0.127 e. The number of aryl methyl sites for hydroxylation is 1. The van der Waals surface area contributed by atoms with Crippen LogP contribution in [0.25, 0.3) is 0 Å². The zero-order chi connectivity index (χ0) is 14.4. The van der Waals surface area contributed by atoms with E-state index in [4.69, 9.17) is 4.74 Å². The van der Waals surface area contributed by atoms with Crippen molar-refractivity contribution in [2.45, 2.75) is 27.0 Å². The standard InChI is InChI=1S/C17H20FNO/c1-3-19-11-15-6-4-5-13(2)17(15)20-12-14-7-9-16(18)10-8-14/h4-10,19H,3,11-12H2,1-2H3. The van der Waals surface area contributed by atoms with Crippen LogP contribution >= 0.6 is 0 Å². The topological polar surface area (TPSA) is 21.3 Å². The molecule has 0 aliphatic carbocycles. The van der Waals surface area contributed by atoms with Crippen molar-refractivity contribution in [3.8, 4) is 5.75 Å². The molecule has 0 heterocycles. The van der Waals surface area contributed by atoms with E-state index in [1.165, 1.54) is 12.1 Å². The Hall–Kier alpha value is -1.87. The van der Waals surface area contributed by atoms with Crippen LogP contribution in [0.3, 0.4) is 0 Å². The lowest BCUT2D eigenvalue weighted by Crippen LogP contribution is -2.13. The van der Waals surface area contributed by atoms with Gasteiger partial charge in [-0.3, -0.25) is 0 Å². The summed E-state index contributed by atoms with van der Waals surface area (Å²) in [5.41, 5.74) is 3.22. The summed E-state index contributed by atoms with van der Waals surface area (Å²) in [6.07, 6.45) is 0. The van der Waals surface area contributed by atoms with Crippen LogP contribution in [0.15, 0.2) is 42.5 Å². The third kappa shape index (κ3) is 3.81. The maximum atomic E-state index is 12.9. The summed E-state index contributed by atoms with van der Waals surface area (Å²) in [6.45, 7) is 6.27. The second kappa shape index (κ2) is 7.06. The van der Waals surface area contributed by atoms with Crippen LogP contribution in [0.4, 0.5) is 4.39 Å². The monoisotopic (exact) mass is 273 g/mol. The molecule has 2 rings (SSSR count). The van der Waals surface area contributed by atoms with Gasteiger partial charge in [0.05, 0.1) is 0 Å². The molecule has 0 saturated carbocycles. The Labute approximate surface area is 119 Å². The number of hydrogen-bond acceptors (Lipinski definition) is 2. The van der Waals surface area contributed by atoms with Gasteiger partial charge in [-0.15, -0.1) is 0 Å². The highest BCUT2D eigenvalue weighted by molar-refractivity contribution is 5.40. The molecule has 0 fully saturated rings. The molecule has 2 aromatic rings. The van der Waals surface area contributed by atoms with Crippen molar-refractivity contribution in [3.05, 3.63) is 65.0 Å². The Kier molecular flexibility index (Phi) is 5.13. The first-order chi connectivity index (χ1) is 9.70. The zero-order valence-corrected chi connectivity index (χ0v) is 11.9. The lowest BCUT2D eigenvalue weighted by Gasteiger charge is -2.14. The highest BCUT2D eigenvalue weighted by Crippen LogP contribution is 2.24. The first-order valence-electron chi connectivity index (χ1n) is 6.87. The molecule has 0 saturated heterocycles. The van der Waals surface area contributed by atoms with Gasteiger partial charge in [-0.25, -0.2) is 4.39 Å². The molecule has 2 nitrogen and oxygen atoms in total. The molecule has 106 valence electrons. The number of para-hydroxylation sites is 1. The summed E-state index contributed by atoms with van der Waals surface area (Å²) < 4.78 is 18.8. The van der Waals surface area contributed by atoms with E-state index in [1.807, 2.05) is 19.1 Å². The molecule has 0 aromatic heterocycles. The third-order valence-corrected chi connectivity index (χ3v) is 3.16. The molecule has 0 bridgehead atoms. The van der Waals surface area contributed by atoms with Crippen LogP contribution in [0.1, 0.15) is 23.6 Å². The molecule has 0 unspecified atom stereocenters. The van der Waals surface area contributed by atoms with Crippen LogP contribution < -0.4 is 10.1 Å². The summed E-state index contributed by atoms with van der Waals surface area (Å²) in [5.74, 6) is 0.690. The SMILES string of the molecule is CCNCc1cccc(C)c1OCc1ccc(F)cc1. The number of ether oxygens (including phenoxy) is 1. The molecule has 0 atom stereocenters. The minimum Gasteiger partial charge on any atom is -0.488 e. The predicted octanol–water partition coefficient (Wildman–Crippen LogP) is 3.82. The fourth-order valence-corrected chi connectivity index (χ4v) is 2.05. The summed E-state index contributed by atoms with van der Waals surface area (Å²) >= 11 is 0. The predicted molar refractivity (Wildman–Crippen MR) is 79.3 cm³/mol. The number of hydrogen-bond donors (Lipinski definition) is 1. The number of benzene rings is 2. The van der Waals surface area contributed by atoms with E-state index in [1.54, 1.807) is 12.1 Å². The highest BCUT2D eigenvalue weighted by Gasteiger charge is 2.07. The van der Waals surface area contributed by atoms with E-state index in [0.29, 0.717) is 6.61 Å². The molecule has 1 N–H and O–H groups in total. The molecule has 0 aliphatic heterocycles. The Morgan fingerprint density at radius 3 is 2.55 bits per heavy atom. The van der Waals surface area contributed by atoms with E-state index in [0.717, 1.165) is 35.5 Å². The molecular formula is C17H20FNO. The fraction of sp³-hybridized carbons (Fsp3) is 0.294. The van der Waals surface area contributed by atoms with Crippen LogP contribution in [0.2, 0.25) is 0 Å². The zero-order valence-electron chi connectivity index (χ0n) is 11.9. The van der Waals surface area contributed by atoms with Crippen LogP contribution in [-0.4, -0.2) is 6.54 Å². The van der Waals surface area contributed by atoms with Crippen molar-refractivity contribution in [2.24, 2.45) is 0 Å². The molecule has 3 heteroatoms. The average Bonchev–Trinajstić information content (AvgIpc) is 2.46. The van der Waals surface area contributed by atoms with Crippen molar-refractivity contribution < 1.29 is 9.13 Å². The van der Waals surface area contributed by atoms with E-state index in [9.17, 15) is 4.39 Å². The van der Waals surface area contributed by atoms with Crippen LogP contribution in [0, 0.1) is 12.7 Å². The van der Waals surface area contributed by atoms with Crippen molar-refractivity contribution >= 4 is 0 Å². The Balaban J connectivity index is 2.09.